The molecule has 0 atom stereocenters. The molecule has 0 fully saturated rings. The number of thiophene rings is 1. The van der Waals surface area contributed by atoms with E-state index in [1.807, 2.05) is 18.2 Å². The molecule has 1 heterocycles. The van der Waals surface area contributed by atoms with E-state index in [2.05, 4.69) is 0 Å². The first kappa shape index (κ1) is 13.3. The molecule has 0 aliphatic rings. The van der Waals surface area contributed by atoms with Crippen molar-refractivity contribution in [2.45, 2.75) is 10.6 Å². The normalized spacial score (nSPS) is 11.8. The molecule has 2 nitrogen and oxygen atoms in total. The summed E-state index contributed by atoms with van der Waals surface area (Å²) in [4.78, 5) is 0.251. The molecule has 3 aromatic rings. The number of hydrogen-bond donors (Lipinski definition) is 0. The molecule has 3 rings (SSSR count). The second kappa shape index (κ2) is 5.00. The molecule has 0 spiro atoms. The SMILES string of the molecule is O=S(=O)(Cc1cscc1F)c1cccc2ccccc12. The fourth-order valence-corrected chi connectivity index (χ4v) is 4.56. The topological polar surface area (TPSA) is 34.1 Å². The average Bonchev–Trinajstić information content (AvgIpc) is 2.83. The molecule has 0 saturated heterocycles. The average molecular weight is 306 g/mol. The van der Waals surface area contributed by atoms with Gasteiger partial charge in [0, 0.05) is 16.3 Å². The molecule has 0 aliphatic heterocycles. The fourth-order valence-electron chi connectivity index (χ4n) is 2.16. The minimum absolute atomic E-state index is 0.225. The van der Waals surface area contributed by atoms with Crippen LogP contribution in [0.4, 0.5) is 4.39 Å². The van der Waals surface area contributed by atoms with Crippen LogP contribution in [0.25, 0.3) is 10.8 Å². The molecule has 1 aromatic heterocycles. The van der Waals surface area contributed by atoms with Crippen molar-refractivity contribution in [3.05, 3.63) is 64.6 Å². The van der Waals surface area contributed by atoms with E-state index in [-0.39, 0.29) is 16.2 Å². The van der Waals surface area contributed by atoms with Crippen LogP contribution in [0, 0.1) is 5.82 Å². The summed E-state index contributed by atoms with van der Waals surface area (Å²) in [5.41, 5.74) is 0.225. The van der Waals surface area contributed by atoms with Gasteiger partial charge in [0.25, 0.3) is 0 Å². The highest BCUT2D eigenvalue weighted by molar-refractivity contribution is 7.90. The number of hydrogen-bond acceptors (Lipinski definition) is 3. The summed E-state index contributed by atoms with van der Waals surface area (Å²) in [5, 5.41) is 4.39. The number of halogens is 1. The van der Waals surface area contributed by atoms with Crippen LogP contribution >= 0.6 is 11.3 Å². The highest BCUT2D eigenvalue weighted by Crippen LogP contribution is 2.27. The van der Waals surface area contributed by atoms with Gasteiger partial charge < -0.3 is 0 Å². The van der Waals surface area contributed by atoms with Crippen LogP contribution in [0.15, 0.2) is 58.1 Å². The van der Waals surface area contributed by atoms with Gasteiger partial charge in [-0.05, 0) is 16.8 Å². The van der Waals surface area contributed by atoms with Gasteiger partial charge in [-0.25, -0.2) is 12.8 Å². The lowest BCUT2D eigenvalue weighted by atomic mass is 10.1. The Hall–Kier alpha value is -1.72. The van der Waals surface area contributed by atoms with Crippen molar-refractivity contribution in [1.82, 2.24) is 0 Å². The van der Waals surface area contributed by atoms with Crippen LogP contribution in [-0.4, -0.2) is 8.42 Å². The molecule has 0 unspecified atom stereocenters. The third-order valence-electron chi connectivity index (χ3n) is 3.12. The molecule has 20 heavy (non-hydrogen) atoms. The van der Waals surface area contributed by atoms with Crippen LogP contribution < -0.4 is 0 Å². The zero-order chi connectivity index (χ0) is 14.2. The smallest absolute Gasteiger partial charge is 0.183 e. The first-order chi connectivity index (χ1) is 9.58. The number of rotatable bonds is 3. The van der Waals surface area contributed by atoms with Crippen molar-refractivity contribution in [2.24, 2.45) is 0 Å². The molecule has 0 bridgehead atoms. The van der Waals surface area contributed by atoms with Crippen LogP contribution in [0.1, 0.15) is 5.56 Å². The molecular weight excluding hydrogens is 295 g/mol. The monoisotopic (exact) mass is 306 g/mol. The third-order valence-corrected chi connectivity index (χ3v) is 5.60. The predicted molar refractivity (Wildman–Crippen MR) is 79.1 cm³/mol. The summed E-state index contributed by atoms with van der Waals surface area (Å²) in [5.74, 6) is -0.769. The van der Waals surface area contributed by atoms with Crippen LogP contribution in [-0.2, 0) is 15.6 Å². The van der Waals surface area contributed by atoms with Gasteiger partial charge >= 0.3 is 0 Å². The second-order valence-corrected chi connectivity index (χ2v) is 7.18. The van der Waals surface area contributed by atoms with Crippen LogP contribution in [0.2, 0.25) is 0 Å². The fraction of sp³-hybridized carbons (Fsp3) is 0.0667. The summed E-state index contributed by atoms with van der Waals surface area (Å²) in [6.07, 6.45) is 0. The Balaban J connectivity index is 2.12. The van der Waals surface area contributed by atoms with Crippen LogP contribution in [0.5, 0.6) is 0 Å². The van der Waals surface area contributed by atoms with Gasteiger partial charge in [0.15, 0.2) is 9.84 Å². The van der Waals surface area contributed by atoms with E-state index < -0.39 is 15.7 Å². The van der Waals surface area contributed by atoms with Crippen molar-refractivity contribution < 1.29 is 12.8 Å². The number of benzene rings is 2. The van der Waals surface area contributed by atoms with E-state index in [9.17, 15) is 12.8 Å². The van der Waals surface area contributed by atoms with E-state index in [0.717, 1.165) is 5.39 Å². The molecule has 2 aromatic carbocycles. The summed E-state index contributed by atoms with van der Waals surface area (Å²) in [6.45, 7) is 0. The quantitative estimate of drug-likeness (QED) is 0.732. The number of fused-ring (bicyclic) bond motifs is 1. The zero-order valence-corrected chi connectivity index (χ0v) is 12.0. The third kappa shape index (κ3) is 2.34. The minimum atomic E-state index is -3.57. The highest BCUT2D eigenvalue weighted by Gasteiger charge is 2.20. The van der Waals surface area contributed by atoms with Crippen LogP contribution in [0.3, 0.4) is 0 Å². The lowest BCUT2D eigenvalue weighted by molar-refractivity contribution is 0.589. The van der Waals surface area contributed by atoms with Gasteiger partial charge in [-0.15, -0.1) is 11.3 Å². The maximum Gasteiger partial charge on any atom is 0.183 e. The molecule has 0 aliphatic carbocycles. The molecule has 0 radical (unpaired) electrons. The van der Waals surface area contributed by atoms with Crippen molar-refractivity contribution in [1.29, 1.82) is 0 Å². The maximum atomic E-state index is 13.5. The van der Waals surface area contributed by atoms with E-state index in [0.29, 0.717) is 5.39 Å². The summed E-state index contributed by atoms with van der Waals surface area (Å²) < 4.78 is 38.5. The summed E-state index contributed by atoms with van der Waals surface area (Å²) >= 11 is 1.17. The Labute approximate surface area is 120 Å². The van der Waals surface area contributed by atoms with Crippen molar-refractivity contribution >= 4 is 31.9 Å². The molecule has 0 N–H and O–H groups in total. The van der Waals surface area contributed by atoms with Crippen molar-refractivity contribution in [3.63, 3.8) is 0 Å². The molecule has 0 saturated carbocycles. The Kier molecular flexibility index (Phi) is 3.31. The summed E-state index contributed by atoms with van der Waals surface area (Å²) in [6, 6.07) is 12.4. The van der Waals surface area contributed by atoms with Gasteiger partial charge in [0.2, 0.25) is 0 Å². The lowest BCUT2D eigenvalue weighted by Crippen LogP contribution is -2.06. The Morgan fingerprint density at radius 2 is 1.75 bits per heavy atom. The summed E-state index contributed by atoms with van der Waals surface area (Å²) in [7, 11) is -3.57. The van der Waals surface area contributed by atoms with Gasteiger partial charge in [0.1, 0.15) is 5.82 Å². The zero-order valence-electron chi connectivity index (χ0n) is 10.4. The molecule has 102 valence electrons. The predicted octanol–water partition coefficient (Wildman–Crippen LogP) is 4.01. The van der Waals surface area contributed by atoms with Gasteiger partial charge in [0.05, 0.1) is 10.6 Å². The standard InChI is InChI=1S/C15H11FO2S2/c16-14-9-19-8-12(14)10-20(17,18)15-7-3-5-11-4-1-2-6-13(11)15/h1-9H,10H2. The minimum Gasteiger partial charge on any atom is -0.223 e. The Bertz CT molecular complexity index is 861. The van der Waals surface area contributed by atoms with Gasteiger partial charge in [-0.2, -0.15) is 0 Å². The van der Waals surface area contributed by atoms with Crippen molar-refractivity contribution in [2.75, 3.05) is 0 Å². The Morgan fingerprint density at radius 1 is 1.00 bits per heavy atom. The highest BCUT2D eigenvalue weighted by atomic mass is 32.2. The Morgan fingerprint density at radius 3 is 2.50 bits per heavy atom. The van der Waals surface area contributed by atoms with Crippen molar-refractivity contribution in [3.8, 4) is 0 Å². The lowest BCUT2D eigenvalue weighted by Gasteiger charge is -2.07. The maximum absolute atomic E-state index is 13.5. The van der Waals surface area contributed by atoms with E-state index in [1.165, 1.54) is 22.1 Å². The first-order valence-corrected chi connectivity index (χ1v) is 8.58. The molecule has 0 amide bonds. The van der Waals surface area contributed by atoms with Gasteiger partial charge in [-0.1, -0.05) is 36.4 Å². The van der Waals surface area contributed by atoms with E-state index >= 15 is 0 Å². The number of sulfone groups is 1. The first-order valence-electron chi connectivity index (χ1n) is 5.99. The molecular formula is C15H11FO2S2. The second-order valence-electron chi connectivity index (χ2n) is 4.48. The largest absolute Gasteiger partial charge is 0.223 e. The van der Waals surface area contributed by atoms with E-state index in [4.69, 9.17) is 0 Å². The van der Waals surface area contributed by atoms with Gasteiger partial charge in [-0.3, -0.25) is 0 Å². The van der Waals surface area contributed by atoms with E-state index in [1.54, 1.807) is 24.3 Å². The molecule has 5 heteroatoms.